The molecule has 0 amide bonds. The Labute approximate surface area is 299 Å². The molecule has 0 heterocycles. The van der Waals surface area contributed by atoms with Crippen LogP contribution in [0.5, 0.6) is 11.5 Å². The van der Waals surface area contributed by atoms with E-state index >= 15 is 0 Å². The molecule has 4 aliphatic rings. The first-order valence-corrected chi connectivity index (χ1v) is 19.8. The van der Waals surface area contributed by atoms with Crippen LogP contribution in [0.4, 0.5) is 0 Å². The molecule has 1 aromatic rings. The van der Waals surface area contributed by atoms with Crippen molar-refractivity contribution in [3.8, 4) is 11.5 Å². The van der Waals surface area contributed by atoms with E-state index < -0.39 is 5.97 Å². The highest BCUT2D eigenvalue weighted by atomic mass is 16.5. The van der Waals surface area contributed by atoms with Crippen molar-refractivity contribution >= 4 is 23.9 Å². The van der Waals surface area contributed by atoms with Crippen LogP contribution in [-0.4, -0.2) is 37.1 Å². The van der Waals surface area contributed by atoms with E-state index in [1.54, 1.807) is 24.3 Å². The molecular formula is C42H60O8. The van der Waals surface area contributed by atoms with Crippen LogP contribution in [0.3, 0.4) is 0 Å². The van der Waals surface area contributed by atoms with E-state index in [-0.39, 0.29) is 35.7 Å². The van der Waals surface area contributed by atoms with E-state index in [1.165, 1.54) is 32.1 Å². The monoisotopic (exact) mass is 692 g/mol. The van der Waals surface area contributed by atoms with E-state index in [4.69, 9.17) is 18.9 Å². The molecule has 1 aromatic carbocycles. The number of hydrogen-bond acceptors (Lipinski definition) is 8. The summed E-state index contributed by atoms with van der Waals surface area (Å²) < 4.78 is 21.9. The third kappa shape index (κ3) is 11.2. The summed E-state index contributed by atoms with van der Waals surface area (Å²) in [4.78, 5) is 49.6. The topological polar surface area (TPSA) is 105 Å². The van der Waals surface area contributed by atoms with Crippen molar-refractivity contribution < 1.29 is 38.1 Å². The van der Waals surface area contributed by atoms with Crippen LogP contribution >= 0.6 is 0 Å². The predicted octanol–water partition coefficient (Wildman–Crippen LogP) is 9.19. The molecule has 0 bridgehead atoms. The standard InChI is InChI=1S/C42H60O8/c1-3-29-7-9-30(10-8-29)31-13-19-35(20-14-31)41(45)49-37-23-25-38(26-24-37)50-42(46)36-21-15-33(16-22-36)32-11-17-34(18-12-32)40(44)48-28-6-5-27-47-39(43)4-2/h4,23-26,29-36H,2-3,5-22,27-28H2,1H3. The third-order valence-electron chi connectivity index (χ3n) is 12.6. The third-order valence-corrected chi connectivity index (χ3v) is 12.6. The highest BCUT2D eigenvalue weighted by molar-refractivity contribution is 5.81. The molecule has 8 heteroatoms. The van der Waals surface area contributed by atoms with Gasteiger partial charge in [0.1, 0.15) is 11.5 Å². The summed E-state index contributed by atoms with van der Waals surface area (Å²) in [7, 11) is 0. The molecule has 0 atom stereocenters. The maximum atomic E-state index is 13.0. The van der Waals surface area contributed by atoms with Gasteiger partial charge in [-0.15, -0.1) is 0 Å². The van der Waals surface area contributed by atoms with Gasteiger partial charge in [-0.05, 0) is 157 Å². The number of esters is 4. The first-order valence-electron chi connectivity index (χ1n) is 19.8. The Hall–Kier alpha value is -3.16. The lowest BCUT2D eigenvalue weighted by atomic mass is 9.69. The fourth-order valence-electron chi connectivity index (χ4n) is 9.25. The van der Waals surface area contributed by atoms with Crippen molar-refractivity contribution in [2.75, 3.05) is 13.2 Å². The molecule has 0 aromatic heterocycles. The first kappa shape index (κ1) is 38.1. The summed E-state index contributed by atoms with van der Waals surface area (Å²) >= 11 is 0. The van der Waals surface area contributed by atoms with Crippen LogP contribution in [0.15, 0.2) is 36.9 Å². The van der Waals surface area contributed by atoms with Crippen LogP contribution in [-0.2, 0) is 28.7 Å². The van der Waals surface area contributed by atoms with Gasteiger partial charge >= 0.3 is 23.9 Å². The number of unbranched alkanes of at least 4 members (excludes halogenated alkanes) is 1. The fourth-order valence-corrected chi connectivity index (χ4v) is 9.25. The van der Waals surface area contributed by atoms with Crippen LogP contribution in [0.2, 0.25) is 0 Å². The summed E-state index contributed by atoms with van der Waals surface area (Å²) in [6.07, 6.45) is 20.8. The maximum Gasteiger partial charge on any atom is 0.330 e. The average Bonchev–Trinajstić information content (AvgIpc) is 3.17. The van der Waals surface area contributed by atoms with Crippen LogP contribution in [0, 0.1) is 47.3 Å². The second-order valence-corrected chi connectivity index (χ2v) is 15.6. The van der Waals surface area contributed by atoms with Crippen molar-refractivity contribution in [3.63, 3.8) is 0 Å². The van der Waals surface area contributed by atoms with E-state index in [2.05, 4.69) is 13.5 Å². The molecule has 5 rings (SSSR count). The van der Waals surface area contributed by atoms with Crippen LogP contribution in [0.25, 0.3) is 0 Å². The molecular weight excluding hydrogens is 632 g/mol. The quantitative estimate of drug-likeness (QED) is 0.0823. The molecule has 4 saturated carbocycles. The number of ether oxygens (including phenoxy) is 4. The highest BCUT2D eigenvalue weighted by Crippen LogP contribution is 2.43. The molecule has 8 nitrogen and oxygen atoms in total. The average molecular weight is 693 g/mol. The van der Waals surface area contributed by atoms with E-state index in [0.29, 0.717) is 49.4 Å². The lowest BCUT2D eigenvalue weighted by molar-refractivity contribution is -0.151. The molecule has 0 spiro atoms. The molecule has 0 aliphatic heterocycles. The lowest BCUT2D eigenvalue weighted by Crippen LogP contribution is -2.31. The molecule has 4 aliphatic carbocycles. The molecule has 0 radical (unpaired) electrons. The zero-order valence-corrected chi connectivity index (χ0v) is 30.3. The Morgan fingerprint density at radius 1 is 0.560 bits per heavy atom. The Morgan fingerprint density at radius 3 is 1.30 bits per heavy atom. The summed E-state index contributed by atoms with van der Waals surface area (Å²) in [5, 5.41) is 0. The summed E-state index contributed by atoms with van der Waals surface area (Å²) in [6.45, 7) is 6.33. The zero-order valence-electron chi connectivity index (χ0n) is 30.3. The Morgan fingerprint density at radius 2 is 0.920 bits per heavy atom. The normalized spacial score (nSPS) is 30.0. The van der Waals surface area contributed by atoms with Crippen LogP contribution in [0.1, 0.15) is 129 Å². The number of carbonyl (C=O) groups is 4. The zero-order chi connectivity index (χ0) is 35.3. The minimum Gasteiger partial charge on any atom is -0.465 e. The molecule has 4 fully saturated rings. The van der Waals surface area contributed by atoms with Gasteiger partial charge in [0, 0.05) is 6.08 Å². The molecule has 276 valence electrons. The molecule has 0 unspecified atom stereocenters. The number of benzene rings is 1. The smallest absolute Gasteiger partial charge is 0.330 e. The van der Waals surface area contributed by atoms with Gasteiger partial charge in [0.2, 0.25) is 0 Å². The Bertz CT molecular complexity index is 1240. The second kappa shape index (κ2) is 19.4. The van der Waals surface area contributed by atoms with Gasteiger partial charge in [0.25, 0.3) is 0 Å². The fraction of sp³-hybridized carbons (Fsp3) is 0.714. The van der Waals surface area contributed by atoms with Crippen molar-refractivity contribution in [1.82, 2.24) is 0 Å². The summed E-state index contributed by atoms with van der Waals surface area (Å²) in [6, 6.07) is 6.90. The number of rotatable bonds is 14. The van der Waals surface area contributed by atoms with E-state index in [1.807, 2.05) is 0 Å². The molecule has 0 N–H and O–H groups in total. The van der Waals surface area contributed by atoms with Gasteiger partial charge in [0.15, 0.2) is 0 Å². The minimum atomic E-state index is -0.435. The van der Waals surface area contributed by atoms with Crippen molar-refractivity contribution in [1.29, 1.82) is 0 Å². The summed E-state index contributed by atoms with van der Waals surface area (Å²) in [5.41, 5.74) is 0. The predicted molar refractivity (Wildman–Crippen MR) is 191 cm³/mol. The van der Waals surface area contributed by atoms with E-state index in [0.717, 1.165) is 101 Å². The Balaban J connectivity index is 0.939. The lowest BCUT2D eigenvalue weighted by Gasteiger charge is -2.37. The number of carbonyl (C=O) groups excluding carboxylic acids is 4. The van der Waals surface area contributed by atoms with Gasteiger partial charge < -0.3 is 18.9 Å². The van der Waals surface area contributed by atoms with Crippen LogP contribution < -0.4 is 9.47 Å². The summed E-state index contributed by atoms with van der Waals surface area (Å²) in [5.74, 6) is 3.66. The minimum absolute atomic E-state index is 0.0262. The highest BCUT2D eigenvalue weighted by Gasteiger charge is 2.36. The van der Waals surface area contributed by atoms with Gasteiger partial charge in [-0.3, -0.25) is 14.4 Å². The largest absolute Gasteiger partial charge is 0.465 e. The van der Waals surface area contributed by atoms with E-state index in [9.17, 15) is 19.2 Å². The maximum absolute atomic E-state index is 13.0. The van der Waals surface area contributed by atoms with Crippen molar-refractivity contribution in [2.45, 2.75) is 129 Å². The van der Waals surface area contributed by atoms with Gasteiger partial charge in [-0.25, -0.2) is 4.79 Å². The first-order chi connectivity index (χ1) is 24.3. The van der Waals surface area contributed by atoms with Gasteiger partial charge in [-0.1, -0.05) is 32.8 Å². The van der Waals surface area contributed by atoms with Crippen molar-refractivity contribution in [3.05, 3.63) is 36.9 Å². The van der Waals surface area contributed by atoms with Gasteiger partial charge in [0.05, 0.1) is 31.0 Å². The second-order valence-electron chi connectivity index (χ2n) is 15.6. The Kier molecular flexibility index (Phi) is 14.8. The molecule has 0 saturated heterocycles. The molecule has 50 heavy (non-hydrogen) atoms. The van der Waals surface area contributed by atoms with Gasteiger partial charge in [-0.2, -0.15) is 0 Å². The van der Waals surface area contributed by atoms with Crippen molar-refractivity contribution in [2.24, 2.45) is 47.3 Å². The number of hydrogen-bond donors (Lipinski definition) is 0. The SMILES string of the molecule is C=CC(=O)OCCCCOC(=O)C1CCC(C2CCC(C(=O)Oc3ccc(OC(=O)C4CCC(C5CCC(CC)CC5)CC4)cc3)CC2)CC1.